The quantitative estimate of drug-likeness (QED) is 0.0222. The van der Waals surface area contributed by atoms with E-state index in [-0.39, 0.29) is 25.7 Å². The van der Waals surface area contributed by atoms with Gasteiger partial charge in [0.05, 0.1) is 26.4 Å². The Morgan fingerprint density at radius 3 is 0.776 bits per heavy atom. The molecule has 17 nitrogen and oxygen atoms in total. The molecule has 3 N–H and O–H groups in total. The van der Waals surface area contributed by atoms with Crippen LogP contribution in [0.3, 0.4) is 0 Å². The third-order valence-corrected chi connectivity index (χ3v) is 20.7. The van der Waals surface area contributed by atoms with Crippen molar-refractivity contribution in [2.75, 3.05) is 39.6 Å². The number of hydrogen-bond donors (Lipinski definition) is 3. The Bertz CT molecular complexity index is 1890. The van der Waals surface area contributed by atoms with E-state index in [1.807, 2.05) is 0 Å². The molecule has 0 aliphatic carbocycles. The zero-order valence-corrected chi connectivity index (χ0v) is 65.9. The van der Waals surface area contributed by atoms with Crippen LogP contribution in [0.2, 0.25) is 0 Å². The number of ether oxygens (including phenoxy) is 4. The van der Waals surface area contributed by atoms with E-state index in [2.05, 4.69) is 41.5 Å². The Kier molecular flexibility index (Phi) is 69.3. The zero-order valence-electron chi connectivity index (χ0n) is 64.1. The van der Waals surface area contributed by atoms with Crippen molar-refractivity contribution in [1.29, 1.82) is 0 Å². The molecule has 0 saturated heterocycles. The summed E-state index contributed by atoms with van der Waals surface area (Å²) in [5.41, 5.74) is 0. The predicted molar refractivity (Wildman–Crippen MR) is 400 cm³/mol. The number of phosphoric ester groups is 2. The Morgan fingerprint density at radius 2 is 0.520 bits per heavy atom. The fourth-order valence-corrected chi connectivity index (χ4v) is 13.7. The molecule has 0 aromatic heterocycles. The summed E-state index contributed by atoms with van der Waals surface area (Å²) in [4.78, 5) is 72.8. The van der Waals surface area contributed by atoms with E-state index in [0.29, 0.717) is 25.7 Å². The first-order valence-electron chi connectivity index (χ1n) is 41.0. The average molecular weight is 1440 g/mol. The molecule has 0 aliphatic rings. The highest BCUT2D eigenvalue weighted by atomic mass is 31.2. The second kappa shape index (κ2) is 70.7. The summed E-state index contributed by atoms with van der Waals surface area (Å²) in [6, 6.07) is 0. The molecule has 0 saturated carbocycles. The number of unbranched alkanes of at least 4 members (excludes halogenated alkanes) is 47. The number of aliphatic hydroxyl groups is 1. The van der Waals surface area contributed by atoms with E-state index >= 15 is 0 Å². The summed E-state index contributed by atoms with van der Waals surface area (Å²) in [6.07, 6.45) is 59.7. The molecule has 0 rings (SSSR count). The lowest BCUT2D eigenvalue weighted by atomic mass is 9.99. The highest BCUT2D eigenvalue weighted by molar-refractivity contribution is 7.47. The smallest absolute Gasteiger partial charge is 0.462 e. The Hall–Kier alpha value is -1.94. The molecule has 0 aromatic rings. The molecule has 0 amide bonds. The van der Waals surface area contributed by atoms with Crippen LogP contribution in [0.5, 0.6) is 0 Å². The van der Waals surface area contributed by atoms with Crippen molar-refractivity contribution < 1.29 is 80.2 Å². The Balaban J connectivity index is 5.18. The van der Waals surface area contributed by atoms with Gasteiger partial charge in [-0.3, -0.25) is 37.3 Å². The number of carbonyl (C=O) groups excluding carboxylic acids is 4. The van der Waals surface area contributed by atoms with Gasteiger partial charge in [-0.2, -0.15) is 0 Å². The lowest BCUT2D eigenvalue weighted by molar-refractivity contribution is -0.161. The zero-order chi connectivity index (χ0) is 72.1. The van der Waals surface area contributed by atoms with Crippen LogP contribution < -0.4 is 0 Å². The van der Waals surface area contributed by atoms with Crippen LogP contribution in [-0.2, 0) is 65.4 Å². The number of esters is 4. The SMILES string of the molecule is CCCCCCCCCCCCCCCCCC(=O)OC[C@H](COP(=O)(O)OC[C@@H](O)COP(=O)(O)OC[C@@H](COC(=O)CCCCCCCCCC)OC(=O)CCCCCCCCCCCCC(C)C)OC(=O)CCCCCCCCCCCCCCCCCCCCC(C)CC. The van der Waals surface area contributed by atoms with Crippen molar-refractivity contribution in [2.45, 2.75) is 432 Å². The number of rotatable bonds is 78. The van der Waals surface area contributed by atoms with Crippen LogP contribution >= 0.6 is 15.6 Å². The van der Waals surface area contributed by atoms with Crippen LogP contribution in [0.1, 0.15) is 414 Å². The molecule has 0 aliphatic heterocycles. The summed E-state index contributed by atoms with van der Waals surface area (Å²) < 4.78 is 68.5. The normalized spacial score (nSPS) is 14.2. The summed E-state index contributed by atoms with van der Waals surface area (Å²) in [5, 5.41) is 10.6. The second-order valence-corrected chi connectivity index (χ2v) is 32.1. The van der Waals surface area contributed by atoms with Gasteiger partial charge in [0, 0.05) is 25.7 Å². The van der Waals surface area contributed by atoms with Gasteiger partial charge in [0.25, 0.3) is 0 Å². The first kappa shape index (κ1) is 96.1. The monoisotopic (exact) mass is 1440 g/mol. The van der Waals surface area contributed by atoms with Crippen LogP contribution in [0.15, 0.2) is 0 Å². The van der Waals surface area contributed by atoms with Gasteiger partial charge in [-0.05, 0) is 37.5 Å². The maximum Gasteiger partial charge on any atom is 0.472 e. The molecule has 3 unspecified atom stereocenters. The van der Waals surface area contributed by atoms with Gasteiger partial charge in [-0.15, -0.1) is 0 Å². The van der Waals surface area contributed by atoms with Gasteiger partial charge in [0.2, 0.25) is 0 Å². The first-order chi connectivity index (χ1) is 47.4. The molecule has 582 valence electrons. The molecule has 0 heterocycles. The molecule has 0 spiro atoms. The average Bonchev–Trinajstić information content (AvgIpc) is 1.12. The minimum absolute atomic E-state index is 0.106. The number of carbonyl (C=O) groups is 4. The third-order valence-electron chi connectivity index (χ3n) is 18.8. The molecule has 0 bridgehead atoms. The molecular formula is C79H154O17P2. The van der Waals surface area contributed by atoms with Gasteiger partial charge in [0.1, 0.15) is 19.3 Å². The van der Waals surface area contributed by atoms with Gasteiger partial charge < -0.3 is 33.8 Å². The van der Waals surface area contributed by atoms with Crippen molar-refractivity contribution in [1.82, 2.24) is 0 Å². The summed E-state index contributed by atoms with van der Waals surface area (Å²) in [7, 11) is -9.91. The predicted octanol–water partition coefficient (Wildman–Crippen LogP) is 23.5. The van der Waals surface area contributed by atoms with Crippen molar-refractivity contribution in [3.63, 3.8) is 0 Å². The minimum atomic E-state index is -4.96. The van der Waals surface area contributed by atoms with Crippen molar-refractivity contribution in [3.8, 4) is 0 Å². The molecule has 0 fully saturated rings. The van der Waals surface area contributed by atoms with Crippen LogP contribution in [0.4, 0.5) is 0 Å². The maximum absolute atomic E-state index is 13.1. The van der Waals surface area contributed by atoms with Crippen molar-refractivity contribution >= 4 is 39.5 Å². The van der Waals surface area contributed by atoms with E-state index < -0.39 is 97.5 Å². The topological polar surface area (TPSA) is 237 Å². The van der Waals surface area contributed by atoms with Gasteiger partial charge in [0.15, 0.2) is 12.2 Å². The highest BCUT2D eigenvalue weighted by Crippen LogP contribution is 2.45. The second-order valence-electron chi connectivity index (χ2n) is 29.2. The Labute approximate surface area is 600 Å². The minimum Gasteiger partial charge on any atom is -0.462 e. The van der Waals surface area contributed by atoms with Gasteiger partial charge in [-0.25, -0.2) is 9.13 Å². The Morgan fingerprint density at radius 1 is 0.296 bits per heavy atom. The number of phosphoric acid groups is 2. The summed E-state index contributed by atoms with van der Waals surface area (Å²) >= 11 is 0. The fraction of sp³-hybridized carbons (Fsp3) is 0.949. The summed E-state index contributed by atoms with van der Waals surface area (Å²) in [5.74, 6) is -0.491. The summed E-state index contributed by atoms with van der Waals surface area (Å²) in [6.45, 7) is 9.65. The van der Waals surface area contributed by atoms with Gasteiger partial charge in [-0.1, -0.05) is 363 Å². The molecule has 19 heteroatoms. The lowest BCUT2D eigenvalue weighted by Crippen LogP contribution is -2.30. The van der Waals surface area contributed by atoms with E-state index in [4.69, 9.17) is 37.0 Å². The van der Waals surface area contributed by atoms with Crippen molar-refractivity contribution in [2.24, 2.45) is 11.8 Å². The van der Waals surface area contributed by atoms with Gasteiger partial charge >= 0.3 is 39.5 Å². The molecule has 98 heavy (non-hydrogen) atoms. The third kappa shape index (κ3) is 71.1. The maximum atomic E-state index is 13.1. The van der Waals surface area contributed by atoms with Crippen LogP contribution in [0, 0.1) is 11.8 Å². The fourth-order valence-electron chi connectivity index (χ4n) is 12.2. The highest BCUT2D eigenvalue weighted by Gasteiger charge is 2.30. The molecule has 0 aromatic carbocycles. The molecular weight excluding hydrogens is 1280 g/mol. The van der Waals surface area contributed by atoms with Crippen LogP contribution in [-0.4, -0.2) is 96.7 Å². The van der Waals surface area contributed by atoms with E-state index in [9.17, 15) is 43.2 Å². The number of hydrogen-bond acceptors (Lipinski definition) is 15. The van der Waals surface area contributed by atoms with E-state index in [0.717, 1.165) is 108 Å². The van der Waals surface area contributed by atoms with Crippen LogP contribution in [0.25, 0.3) is 0 Å². The molecule has 6 atom stereocenters. The lowest BCUT2D eigenvalue weighted by Gasteiger charge is -2.21. The number of aliphatic hydroxyl groups excluding tert-OH is 1. The largest absolute Gasteiger partial charge is 0.472 e. The molecule has 0 radical (unpaired) electrons. The van der Waals surface area contributed by atoms with E-state index in [1.165, 1.54) is 225 Å². The van der Waals surface area contributed by atoms with E-state index in [1.54, 1.807) is 0 Å². The first-order valence-corrected chi connectivity index (χ1v) is 44.0. The van der Waals surface area contributed by atoms with Crippen molar-refractivity contribution in [3.05, 3.63) is 0 Å². The standard InChI is InChI=1S/C79H154O17P2/c1-7-10-12-14-16-18-19-20-25-29-32-38-44-50-56-62-77(82)90-68-75(96-78(83)63-57-51-45-39-33-30-27-24-22-21-23-26-28-31-37-42-48-54-60-72(6)9-3)70-94-98(87,88)92-66-73(80)65-91-97(85,86)93-69-74(67-89-76(81)61-55-49-43-17-15-13-11-8-2)95-79(84)64-58-52-46-40-35-34-36-41-47-53-59-71(4)5/h71-75,80H,7-70H2,1-6H3,(H,85,86)(H,87,88)/t72?,73-,74+,75+/m0/s1.